The fourth-order valence-electron chi connectivity index (χ4n) is 0.757. The number of aliphatic hydroxyl groups is 1. The van der Waals surface area contributed by atoms with Gasteiger partial charge in [0.05, 0.1) is 6.61 Å². The maximum Gasteiger partial charge on any atom is 0.150 e. The summed E-state index contributed by atoms with van der Waals surface area (Å²) in [7, 11) is 1.80. The first-order chi connectivity index (χ1) is 6.74. The van der Waals surface area contributed by atoms with Gasteiger partial charge in [-0.1, -0.05) is 29.8 Å². The lowest BCUT2D eigenvalue weighted by atomic mass is 10.2. The average Bonchev–Trinajstić information content (AvgIpc) is 2.21. The van der Waals surface area contributed by atoms with E-state index in [1.807, 2.05) is 31.2 Å². The minimum atomic E-state index is 0.233. The number of aldehydes is 1. The Kier molecular flexibility index (Phi) is 7.70. The van der Waals surface area contributed by atoms with Crippen LogP contribution >= 0.6 is 0 Å². The highest BCUT2D eigenvalue weighted by Crippen LogP contribution is 1.98. The second-order valence-electron chi connectivity index (χ2n) is 2.86. The van der Waals surface area contributed by atoms with E-state index in [2.05, 4.69) is 5.32 Å². The normalized spacial score (nSPS) is 8.79. The van der Waals surface area contributed by atoms with Gasteiger partial charge in [-0.15, -0.1) is 0 Å². The molecule has 0 atom stereocenters. The smallest absolute Gasteiger partial charge is 0.150 e. The second-order valence-corrected chi connectivity index (χ2v) is 2.86. The van der Waals surface area contributed by atoms with Gasteiger partial charge < -0.3 is 10.4 Å². The highest BCUT2D eigenvalue weighted by Gasteiger charge is 1.85. The quantitative estimate of drug-likeness (QED) is 0.708. The lowest BCUT2D eigenvalue weighted by Crippen LogP contribution is -2.10. The van der Waals surface area contributed by atoms with Gasteiger partial charge in [-0.05, 0) is 14.0 Å². The Balaban J connectivity index is 0.000000292. The van der Waals surface area contributed by atoms with E-state index >= 15 is 0 Å². The molecule has 1 aromatic rings. The lowest BCUT2D eigenvalue weighted by molar-refractivity contribution is 0.112. The summed E-state index contributed by atoms with van der Waals surface area (Å²) in [6.07, 6.45) is 0.847. The Bertz CT molecular complexity index is 242. The molecular weight excluding hydrogens is 178 g/mol. The molecule has 1 aromatic carbocycles. The Morgan fingerprint density at radius 3 is 2.21 bits per heavy atom. The van der Waals surface area contributed by atoms with Crippen LogP contribution in [0.25, 0.3) is 0 Å². The van der Waals surface area contributed by atoms with Crippen LogP contribution in [0.4, 0.5) is 0 Å². The highest BCUT2D eigenvalue weighted by molar-refractivity contribution is 5.74. The summed E-state index contributed by atoms with van der Waals surface area (Å²) in [5, 5.41) is 10.8. The Morgan fingerprint density at radius 1 is 1.36 bits per heavy atom. The summed E-state index contributed by atoms with van der Waals surface area (Å²) in [6.45, 7) is 2.92. The summed E-state index contributed by atoms with van der Waals surface area (Å²) < 4.78 is 0. The fourth-order valence-corrected chi connectivity index (χ4v) is 0.757. The largest absolute Gasteiger partial charge is 0.395 e. The molecular formula is C11H17NO2. The number of aliphatic hydroxyl groups excluding tert-OH is 1. The van der Waals surface area contributed by atoms with E-state index in [0.29, 0.717) is 6.54 Å². The third kappa shape index (κ3) is 6.34. The van der Waals surface area contributed by atoms with Crippen molar-refractivity contribution in [1.29, 1.82) is 0 Å². The van der Waals surface area contributed by atoms with E-state index in [1.165, 1.54) is 5.56 Å². The third-order valence-electron chi connectivity index (χ3n) is 1.58. The Morgan fingerprint density at radius 2 is 1.93 bits per heavy atom. The zero-order valence-corrected chi connectivity index (χ0v) is 8.66. The maximum absolute atomic E-state index is 10.1. The van der Waals surface area contributed by atoms with Crippen molar-refractivity contribution in [2.75, 3.05) is 20.2 Å². The molecule has 0 aliphatic carbocycles. The third-order valence-corrected chi connectivity index (χ3v) is 1.58. The van der Waals surface area contributed by atoms with Gasteiger partial charge >= 0.3 is 0 Å². The molecule has 0 aromatic heterocycles. The molecule has 0 aliphatic heterocycles. The summed E-state index contributed by atoms with van der Waals surface area (Å²) in [5.74, 6) is 0. The molecule has 0 saturated heterocycles. The number of hydrogen-bond acceptors (Lipinski definition) is 3. The molecule has 0 spiro atoms. The van der Waals surface area contributed by atoms with Gasteiger partial charge in [-0.25, -0.2) is 0 Å². The van der Waals surface area contributed by atoms with Gasteiger partial charge in [0.25, 0.3) is 0 Å². The second kappa shape index (κ2) is 8.41. The molecule has 0 bridgehead atoms. The van der Waals surface area contributed by atoms with Gasteiger partial charge in [0.2, 0.25) is 0 Å². The van der Waals surface area contributed by atoms with Gasteiger partial charge in [0.15, 0.2) is 0 Å². The molecule has 0 saturated carbocycles. The van der Waals surface area contributed by atoms with Crippen LogP contribution in [0.5, 0.6) is 0 Å². The van der Waals surface area contributed by atoms with E-state index in [4.69, 9.17) is 5.11 Å². The van der Waals surface area contributed by atoms with Crippen molar-refractivity contribution in [3.8, 4) is 0 Å². The molecule has 78 valence electrons. The predicted octanol–water partition coefficient (Wildman–Crippen LogP) is 1.01. The fraction of sp³-hybridized carbons (Fsp3) is 0.364. The van der Waals surface area contributed by atoms with Crippen molar-refractivity contribution in [3.63, 3.8) is 0 Å². The molecule has 3 nitrogen and oxygen atoms in total. The van der Waals surface area contributed by atoms with E-state index in [-0.39, 0.29) is 6.61 Å². The van der Waals surface area contributed by atoms with Crippen molar-refractivity contribution in [2.45, 2.75) is 6.92 Å². The van der Waals surface area contributed by atoms with Crippen LogP contribution in [0.3, 0.4) is 0 Å². The van der Waals surface area contributed by atoms with Gasteiger partial charge in [-0.3, -0.25) is 4.79 Å². The standard InChI is InChI=1S/C8H8O.C3H9NO/c1-7-2-4-8(6-9)5-3-7;1-4-2-3-5/h2-6H,1H3;4-5H,2-3H2,1H3. The summed E-state index contributed by atoms with van der Waals surface area (Å²) in [6, 6.07) is 7.46. The number of rotatable bonds is 3. The molecule has 3 heteroatoms. The van der Waals surface area contributed by atoms with Crippen LogP contribution in [0.15, 0.2) is 24.3 Å². The molecule has 2 N–H and O–H groups in total. The minimum Gasteiger partial charge on any atom is -0.395 e. The number of aryl methyl sites for hydroxylation is 1. The van der Waals surface area contributed by atoms with E-state index < -0.39 is 0 Å². The van der Waals surface area contributed by atoms with Crippen LogP contribution in [0.2, 0.25) is 0 Å². The zero-order valence-electron chi connectivity index (χ0n) is 8.66. The van der Waals surface area contributed by atoms with Crippen LogP contribution in [0.1, 0.15) is 15.9 Å². The molecule has 0 unspecified atom stereocenters. The van der Waals surface area contributed by atoms with Crippen molar-refractivity contribution >= 4 is 6.29 Å². The molecule has 0 amide bonds. The molecule has 14 heavy (non-hydrogen) atoms. The van der Waals surface area contributed by atoms with Crippen molar-refractivity contribution < 1.29 is 9.90 Å². The molecule has 0 aliphatic rings. The molecule has 0 radical (unpaired) electrons. The predicted molar refractivity (Wildman–Crippen MR) is 57.6 cm³/mol. The Hall–Kier alpha value is -1.19. The van der Waals surface area contributed by atoms with Crippen LogP contribution in [0, 0.1) is 6.92 Å². The number of carbonyl (C=O) groups excluding carboxylic acids is 1. The number of carbonyl (C=O) groups is 1. The maximum atomic E-state index is 10.1. The minimum absolute atomic E-state index is 0.233. The molecule has 0 heterocycles. The lowest BCUT2D eigenvalue weighted by Gasteiger charge is -1.89. The monoisotopic (exact) mass is 195 g/mol. The van der Waals surface area contributed by atoms with Crippen molar-refractivity contribution in [2.24, 2.45) is 0 Å². The number of benzene rings is 1. The topological polar surface area (TPSA) is 49.3 Å². The van der Waals surface area contributed by atoms with Crippen LogP contribution < -0.4 is 5.32 Å². The first kappa shape index (κ1) is 12.8. The van der Waals surface area contributed by atoms with Gasteiger partial charge in [0, 0.05) is 12.1 Å². The van der Waals surface area contributed by atoms with Gasteiger partial charge in [0.1, 0.15) is 6.29 Å². The number of nitrogens with one attached hydrogen (secondary N) is 1. The van der Waals surface area contributed by atoms with E-state index in [1.54, 1.807) is 7.05 Å². The van der Waals surface area contributed by atoms with E-state index in [0.717, 1.165) is 11.8 Å². The van der Waals surface area contributed by atoms with E-state index in [9.17, 15) is 4.79 Å². The first-order valence-electron chi connectivity index (χ1n) is 4.52. The van der Waals surface area contributed by atoms with Gasteiger partial charge in [-0.2, -0.15) is 0 Å². The highest BCUT2D eigenvalue weighted by atomic mass is 16.3. The molecule has 1 rings (SSSR count). The van der Waals surface area contributed by atoms with Crippen molar-refractivity contribution in [3.05, 3.63) is 35.4 Å². The summed E-state index contributed by atoms with van der Waals surface area (Å²) in [5.41, 5.74) is 1.92. The van der Waals surface area contributed by atoms with Crippen molar-refractivity contribution in [1.82, 2.24) is 5.32 Å². The SMILES string of the molecule is CNCCO.Cc1ccc(C=O)cc1. The first-order valence-corrected chi connectivity index (χ1v) is 4.52. The zero-order chi connectivity index (χ0) is 10.8. The van der Waals surface area contributed by atoms with Crippen LogP contribution in [-0.2, 0) is 0 Å². The van der Waals surface area contributed by atoms with Crippen LogP contribution in [-0.4, -0.2) is 31.6 Å². The Labute approximate surface area is 84.8 Å². The molecule has 0 fully saturated rings. The average molecular weight is 195 g/mol. The summed E-state index contributed by atoms with van der Waals surface area (Å²) >= 11 is 0. The summed E-state index contributed by atoms with van der Waals surface area (Å²) in [4.78, 5) is 10.1. The number of likely N-dealkylation sites (N-methyl/N-ethyl adjacent to an activating group) is 1. The number of hydrogen-bond donors (Lipinski definition) is 2.